The van der Waals surface area contributed by atoms with Crippen molar-refractivity contribution < 1.29 is 19.2 Å². The fourth-order valence-corrected chi connectivity index (χ4v) is 2.04. The van der Waals surface area contributed by atoms with Gasteiger partial charge in [0.25, 0.3) is 0 Å². The van der Waals surface area contributed by atoms with E-state index in [0.717, 1.165) is 6.42 Å². The lowest BCUT2D eigenvalue weighted by Crippen LogP contribution is -2.61. The van der Waals surface area contributed by atoms with Gasteiger partial charge in [-0.25, -0.2) is 4.79 Å². The quantitative estimate of drug-likeness (QED) is 0.782. The molecule has 0 spiro atoms. The summed E-state index contributed by atoms with van der Waals surface area (Å²) in [5.74, 6) is 0.350. The Hall–Kier alpha value is -1.47. The zero-order valence-corrected chi connectivity index (χ0v) is 10.5. The van der Waals surface area contributed by atoms with Crippen molar-refractivity contribution in [1.29, 1.82) is 0 Å². The number of aromatic nitrogens is 2. The van der Waals surface area contributed by atoms with Gasteiger partial charge in [0.1, 0.15) is 6.61 Å². The summed E-state index contributed by atoms with van der Waals surface area (Å²) in [5, 5.41) is 12.4. The molecule has 100 valence electrons. The van der Waals surface area contributed by atoms with Crippen LogP contribution < -0.4 is 0 Å². The molecule has 0 radical (unpaired) electrons. The highest BCUT2D eigenvalue weighted by Gasteiger charge is 2.40. The molecule has 1 aliphatic rings. The van der Waals surface area contributed by atoms with Gasteiger partial charge < -0.3 is 14.4 Å². The van der Waals surface area contributed by atoms with Gasteiger partial charge in [-0.2, -0.15) is 4.98 Å². The summed E-state index contributed by atoms with van der Waals surface area (Å²) in [6.07, 6.45) is 0.729. The third-order valence-electron chi connectivity index (χ3n) is 2.84. The van der Waals surface area contributed by atoms with Crippen LogP contribution in [-0.4, -0.2) is 51.4 Å². The van der Waals surface area contributed by atoms with Crippen molar-refractivity contribution in [2.75, 3.05) is 19.7 Å². The largest absolute Gasteiger partial charge is 0.480 e. The first-order chi connectivity index (χ1) is 8.50. The zero-order chi connectivity index (χ0) is 13.2. The number of carboxylic acid groups (broad SMARTS) is 1. The maximum atomic E-state index is 10.4. The van der Waals surface area contributed by atoms with Crippen LogP contribution in [0.4, 0.5) is 0 Å². The molecule has 1 N–H and O–H groups in total. The molecule has 1 aliphatic heterocycles. The first-order valence-electron chi connectivity index (χ1n) is 5.90. The SMILES string of the molecule is CCc1nc(CN2CC(C)(OCC(=O)O)C2)no1. The predicted molar refractivity (Wildman–Crippen MR) is 60.9 cm³/mol. The predicted octanol–water partition coefficient (Wildman–Crippen LogP) is 0.307. The summed E-state index contributed by atoms with van der Waals surface area (Å²) in [4.78, 5) is 16.7. The molecule has 0 aromatic carbocycles. The Kier molecular flexibility index (Phi) is 3.63. The first-order valence-corrected chi connectivity index (χ1v) is 5.90. The summed E-state index contributed by atoms with van der Waals surface area (Å²) >= 11 is 0. The second-order valence-electron chi connectivity index (χ2n) is 4.74. The molecule has 0 bridgehead atoms. The molecule has 0 atom stereocenters. The number of hydrogen-bond acceptors (Lipinski definition) is 6. The van der Waals surface area contributed by atoms with E-state index < -0.39 is 5.97 Å². The number of rotatable bonds is 6. The van der Waals surface area contributed by atoms with Gasteiger partial charge in [-0.05, 0) is 6.92 Å². The highest BCUT2D eigenvalue weighted by molar-refractivity contribution is 5.68. The van der Waals surface area contributed by atoms with E-state index in [1.54, 1.807) is 0 Å². The zero-order valence-electron chi connectivity index (χ0n) is 10.5. The number of ether oxygens (including phenoxy) is 1. The summed E-state index contributed by atoms with van der Waals surface area (Å²) in [6, 6.07) is 0. The molecule has 0 amide bonds. The molecule has 0 saturated carbocycles. The van der Waals surface area contributed by atoms with Crippen LogP contribution in [0.25, 0.3) is 0 Å². The third-order valence-corrected chi connectivity index (χ3v) is 2.84. The second kappa shape index (κ2) is 5.03. The standard InChI is InChI=1S/C11H17N3O4/c1-3-9-12-8(13-18-9)4-14-6-11(2,7-14)17-5-10(15)16/h3-7H2,1-2H3,(H,15,16). The summed E-state index contributed by atoms with van der Waals surface area (Å²) < 4.78 is 10.3. The van der Waals surface area contributed by atoms with Gasteiger partial charge in [0.2, 0.25) is 5.89 Å². The normalized spacial score (nSPS) is 18.6. The van der Waals surface area contributed by atoms with Crippen molar-refractivity contribution in [3.8, 4) is 0 Å². The van der Waals surface area contributed by atoms with Crippen LogP contribution in [0, 0.1) is 0 Å². The smallest absolute Gasteiger partial charge is 0.329 e. The molecule has 1 aromatic rings. The molecule has 7 heteroatoms. The second-order valence-corrected chi connectivity index (χ2v) is 4.74. The minimum absolute atomic E-state index is 0.257. The number of aliphatic carboxylic acids is 1. The Morgan fingerprint density at radius 2 is 2.33 bits per heavy atom. The van der Waals surface area contributed by atoms with Crippen LogP contribution in [0.5, 0.6) is 0 Å². The number of hydrogen-bond donors (Lipinski definition) is 1. The van der Waals surface area contributed by atoms with Crippen molar-refractivity contribution in [1.82, 2.24) is 15.0 Å². The van der Waals surface area contributed by atoms with Crippen LogP contribution >= 0.6 is 0 Å². The van der Waals surface area contributed by atoms with E-state index in [0.29, 0.717) is 31.3 Å². The highest BCUT2D eigenvalue weighted by Crippen LogP contribution is 2.25. The van der Waals surface area contributed by atoms with Crippen molar-refractivity contribution in [3.05, 3.63) is 11.7 Å². The number of carbonyl (C=O) groups is 1. The van der Waals surface area contributed by atoms with Gasteiger partial charge >= 0.3 is 5.97 Å². The maximum absolute atomic E-state index is 10.4. The fraction of sp³-hybridized carbons (Fsp3) is 0.727. The van der Waals surface area contributed by atoms with Gasteiger partial charge in [-0.3, -0.25) is 4.90 Å². The van der Waals surface area contributed by atoms with Crippen molar-refractivity contribution in [2.45, 2.75) is 32.4 Å². The van der Waals surface area contributed by atoms with Gasteiger partial charge in [0.15, 0.2) is 5.82 Å². The van der Waals surface area contributed by atoms with E-state index in [4.69, 9.17) is 14.4 Å². The van der Waals surface area contributed by atoms with Crippen molar-refractivity contribution in [2.24, 2.45) is 0 Å². The van der Waals surface area contributed by atoms with E-state index >= 15 is 0 Å². The molecule has 18 heavy (non-hydrogen) atoms. The average Bonchev–Trinajstić information content (AvgIpc) is 2.72. The molecule has 1 saturated heterocycles. The molecule has 1 fully saturated rings. The Morgan fingerprint density at radius 3 is 2.89 bits per heavy atom. The van der Waals surface area contributed by atoms with E-state index in [1.807, 2.05) is 13.8 Å². The molecule has 2 rings (SSSR count). The van der Waals surface area contributed by atoms with Crippen LogP contribution in [0.3, 0.4) is 0 Å². The van der Waals surface area contributed by atoms with Crippen LogP contribution in [0.15, 0.2) is 4.52 Å². The summed E-state index contributed by atoms with van der Waals surface area (Å²) in [7, 11) is 0. The molecule has 2 heterocycles. The highest BCUT2D eigenvalue weighted by atomic mass is 16.5. The third kappa shape index (κ3) is 3.05. The van der Waals surface area contributed by atoms with E-state index in [2.05, 4.69) is 15.0 Å². The summed E-state index contributed by atoms with van der Waals surface area (Å²) in [5.41, 5.74) is -0.379. The van der Waals surface area contributed by atoms with Crippen LogP contribution in [0.1, 0.15) is 25.6 Å². The lowest BCUT2D eigenvalue weighted by Gasteiger charge is -2.46. The molecule has 7 nitrogen and oxygen atoms in total. The topological polar surface area (TPSA) is 88.7 Å². The van der Waals surface area contributed by atoms with Crippen LogP contribution in [0.2, 0.25) is 0 Å². The first kappa shape index (κ1) is 13.0. The monoisotopic (exact) mass is 255 g/mol. The number of likely N-dealkylation sites (tertiary alicyclic amines) is 1. The van der Waals surface area contributed by atoms with Gasteiger partial charge in [0, 0.05) is 19.5 Å². The van der Waals surface area contributed by atoms with Gasteiger partial charge in [-0.15, -0.1) is 0 Å². The summed E-state index contributed by atoms with van der Waals surface area (Å²) in [6.45, 7) is 5.56. The number of aryl methyl sites for hydroxylation is 1. The van der Waals surface area contributed by atoms with Crippen LogP contribution in [-0.2, 0) is 22.5 Å². The van der Waals surface area contributed by atoms with Gasteiger partial charge in [-0.1, -0.05) is 12.1 Å². The Bertz CT molecular complexity index is 426. The van der Waals surface area contributed by atoms with Crippen molar-refractivity contribution in [3.63, 3.8) is 0 Å². The molecular formula is C11H17N3O4. The lowest BCUT2D eigenvalue weighted by atomic mass is 9.96. The molecular weight excluding hydrogens is 238 g/mol. The minimum atomic E-state index is -0.944. The molecule has 0 unspecified atom stereocenters. The van der Waals surface area contributed by atoms with E-state index in [9.17, 15) is 4.79 Å². The minimum Gasteiger partial charge on any atom is -0.480 e. The number of nitrogens with zero attached hydrogens (tertiary/aromatic N) is 3. The molecule has 0 aliphatic carbocycles. The lowest BCUT2D eigenvalue weighted by molar-refractivity contribution is -0.166. The van der Waals surface area contributed by atoms with Crippen molar-refractivity contribution >= 4 is 5.97 Å². The number of carboxylic acids is 1. The molecule has 1 aromatic heterocycles. The fourth-order valence-electron chi connectivity index (χ4n) is 2.04. The Morgan fingerprint density at radius 1 is 1.61 bits per heavy atom. The maximum Gasteiger partial charge on any atom is 0.329 e. The Balaban J connectivity index is 1.76. The van der Waals surface area contributed by atoms with E-state index in [-0.39, 0.29) is 12.2 Å². The van der Waals surface area contributed by atoms with Gasteiger partial charge in [0.05, 0.1) is 12.1 Å². The average molecular weight is 255 g/mol. The van der Waals surface area contributed by atoms with E-state index in [1.165, 1.54) is 0 Å². The Labute approximate surface area is 105 Å².